The maximum Gasteiger partial charge on any atom is 0.160 e. The molecule has 9 heterocycles. The number of nitriles is 1. The molecule has 0 unspecified atom stereocenters. The lowest BCUT2D eigenvalue weighted by atomic mass is 9.98. The fraction of sp³-hybridized carbons (Fsp3) is 0. The Morgan fingerprint density at radius 3 is 0.920 bits per heavy atom. The molecule has 0 saturated heterocycles. The second-order valence-corrected chi connectivity index (χ2v) is 23.3. The molecule has 8 heteroatoms. The summed E-state index contributed by atoms with van der Waals surface area (Å²) in [4.78, 5) is 0. The van der Waals surface area contributed by atoms with Gasteiger partial charge in [0, 0.05) is 103 Å². The number of hydrogen-bond donors (Lipinski definition) is 0. The molecule has 0 aliphatic carbocycles. The molecule has 22 aromatic rings. The molecule has 9 aromatic heterocycles. The van der Waals surface area contributed by atoms with E-state index >= 15 is 0 Å². The summed E-state index contributed by atoms with van der Waals surface area (Å²) in [5.74, 6) is 0. The summed E-state index contributed by atoms with van der Waals surface area (Å²) < 4.78 is 33.8. The molecule has 0 amide bonds. The predicted molar refractivity (Wildman–Crippen MR) is 356 cm³/mol. The molecule has 400 valence electrons. The van der Waals surface area contributed by atoms with Gasteiger partial charge in [0.05, 0.1) is 55.8 Å². The number of fused-ring (bicyclic) bond motifs is 31. The van der Waals surface area contributed by atoms with E-state index in [-0.39, 0.29) is 0 Å². The van der Waals surface area contributed by atoms with E-state index in [9.17, 15) is 5.26 Å². The van der Waals surface area contributed by atoms with Crippen LogP contribution < -0.4 is 0 Å². The van der Waals surface area contributed by atoms with Gasteiger partial charge in [0.2, 0.25) is 0 Å². The third-order valence-corrected chi connectivity index (χ3v) is 19.0. The Labute approximate surface area is 490 Å². The number of benzene rings is 13. The summed E-state index contributed by atoms with van der Waals surface area (Å²) in [6.45, 7) is 0. The fourth-order valence-corrected chi connectivity index (χ4v) is 15.3. The molecule has 0 bridgehead atoms. The van der Waals surface area contributed by atoms with Crippen LogP contribution in [0, 0.1) is 11.3 Å². The van der Waals surface area contributed by atoms with Gasteiger partial charge in [-0.3, -0.25) is 0 Å². The second kappa shape index (κ2) is 16.2. The zero-order chi connectivity index (χ0) is 56.5. The minimum atomic E-state index is 0.654. The van der Waals surface area contributed by atoms with Crippen molar-refractivity contribution < 1.29 is 17.7 Å². The van der Waals surface area contributed by atoms with Crippen molar-refractivity contribution in [2.45, 2.75) is 0 Å². The molecule has 0 aliphatic rings. The van der Waals surface area contributed by atoms with Crippen molar-refractivity contribution >= 4 is 186 Å². The van der Waals surface area contributed by atoms with Crippen molar-refractivity contribution in [2.75, 3.05) is 0 Å². The van der Waals surface area contributed by atoms with Crippen LogP contribution in [-0.2, 0) is 0 Å². The van der Waals surface area contributed by atoms with Gasteiger partial charge in [-0.15, -0.1) is 0 Å². The van der Waals surface area contributed by atoms with Crippen molar-refractivity contribution in [3.63, 3.8) is 0 Å². The van der Waals surface area contributed by atoms with Gasteiger partial charge in [-0.25, -0.2) is 0 Å². The summed E-state index contributed by atoms with van der Waals surface area (Å²) >= 11 is 0. The lowest BCUT2D eigenvalue weighted by Crippen LogP contribution is -1.93. The SMILES string of the molecule is N#Cc1ccc(-c2cc3c4ccc5c6ccccc6oc5c4n4c3c(c2)c2ccc3c5ccccc5oc3c24)cc1.c1ccc2c(c1)oc1c2ccc2c3cc(-n4c5ccccc5c5ccccc54)cc4c5ccc6c7ccccc7oc6c5n(c34)c21. The molecular formula is C79H40N4O4. The molecule has 13 aromatic carbocycles. The normalized spacial score (nSPS) is 12.6. The summed E-state index contributed by atoms with van der Waals surface area (Å²) in [5, 5.41) is 30.1. The average Bonchev–Trinajstić information content (AvgIpc) is 1.54. The van der Waals surface area contributed by atoms with Crippen molar-refractivity contribution in [1.29, 1.82) is 5.26 Å². The summed E-state index contributed by atoms with van der Waals surface area (Å²) in [6, 6.07) is 87.7. The van der Waals surface area contributed by atoms with Crippen LogP contribution in [0.5, 0.6) is 0 Å². The highest BCUT2D eigenvalue weighted by Gasteiger charge is 2.28. The van der Waals surface area contributed by atoms with E-state index in [0.29, 0.717) is 5.56 Å². The zero-order valence-corrected chi connectivity index (χ0v) is 46.0. The van der Waals surface area contributed by atoms with E-state index in [0.717, 1.165) is 143 Å². The van der Waals surface area contributed by atoms with Gasteiger partial charge < -0.3 is 31.0 Å². The van der Waals surface area contributed by atoms with Crippen LogP contribution in [0.2, 0.25) is 0 Å². The van der Waals surface area contributed by atoms with Crippen molar-refractivity contribution in [3.05, 3.63) is 248 Å². The first kappa shape index (κ1) is 45.5. The van der Waals surface area contributed by atoms with Crippen LogP contribution in [0.15, 0.2) is 260 Å². The quantitative estimate of drug-likeness (QED) is 0.172. The fourth-order valence-electron chi connectivity index (χ4n) is 15.3. The van der Waals surface area contributed by atoms with Gasteiger partial charge >= 0.3 is 0 Å². The molecule has 0 spiro atoms. The van der Waals surface area contributed by atoms with Crippen LogP contribution in [0.1, 0.15) is 5.56 Å². The smallest absolute Gasteiger partial charge is 0.160 e. The minimum Gasteiger partial charge on any atom is -0.454 e. The maximum absolute atomic E-state index is 9.34. The van der Waals surface area contributed by atoms with E-state index in [1.54, 1.807) is 0 Å². The number of hydrogen-bond acceptors (Lipinski definition) is 5. The first-order valence-electron chi connectivity index (χ1n) is 29.4. The van der Waals surface area contributed by atoms with Crippen LogP contribution in [0.4, 0.5) is 0 Å². The third-order valence-electron chi connectivity index (χ3n) is 19.0. The third kappa shape index (κ3) is 5.75. The van der Waals surface area contributed by atoms with Crippen LogP contribution in [0.3, 0.4) is 0 Å². The molecule has 0 saturated carbocycles. The molecule has 22 rings (SSSR count). The lowest BCUT2D eigenvalue weighted by molar-refractivity contribution is 0.669. The Kier molecular flexibility index (Phi) is 8.46. The highest BCUT2D eigenvalue weighted by molar-refractivity contribution is 6.34. The van der Waals surface area contributed by atoms with Gasteiger partial charge in [0.1, 0.15) is 22.3 Å². The Balaban J connectivity index is 0.000000120. The Morgan fingerprint density at radius 1 is 0.253 bits per heavy atom. The maximum atomic E-state index is 9.34. The summed E-state index contributed by atoms with van der Waals surface area (Å²) in [6.07, 6.45) is 0. The van der Waals surface area contributed by atoms with Crippen LogP contribution in [-0.4, -0.2) is 13.4 Å². The number of para-hydroxylation sites is 6. The number of rotatable bonds is 2. The van der Waals surface area contributed by atoms with Gasteiger partial charge in [-0.05, 0) is 108 Å². The predicted octanol–water partition coefficient (Wildman–Crippen LogP) is 21.9. The first-order chi connectivity index (χ1) is 43.1. The molecule has 8 nitrogen and oxygen atoms in total. The highest BCUT2D eigenvalue weighted by atomic mass is 16.3. The molecule has 0 N–H and O–H groups in total. The molecule has 87 heavy (non-hydrogen) atoms. The molecule has 0 atom stereocenters. The Morgan fingerprint density at radius 2 is 0.563 bits per heavy atom. The molecule has 0 aliphatic heterocycles. The average molecular weight is 1110 g/mol. The van der Waals surface area contributed by atoms with E-state index in [1.807, 2.05) is 60.7 Å². The number of aromatic nitrogens is 3. The van der Waals surface area contributed by atoms with Crippen molar-refractivity contribution in [3.8, 4) is 22.9 Å². The van der Waals surface area contributed by atoms with Crippen LogP contribution >= 0.6 is 0 Å². The monoisotopic (exact) mass is 1110 g/mol. The van der Waals surface area contributed by atoms with E-state index in [1.165, 1.54) is 59.6 Å². The summed E-state index contributed by atoms with van der Waals surface area (Å²) in [5.41, 5.74) is 20.1. The van der Waals surface area contributed by atoms with Gasteiger partial charge in [0.25, 0.3) is 0 Å². The first-order valence-corrected chi connectivity index (χ1v) is 29.4. The Bertz CT molecular complexity index is 6460. The van der Waals surface area contributed by atoms with Crippen molar-refractivity contribution in [1.82, 2.24) is 13.4 Å². The zero-order valence-electron chi connectivity index (χ0n) is 46.0. The molecular weight excluding hydrogens is 1070 g/mol. The standard InChI is InChI=1S/C42H22N2O2.C37H18N2O2/c1-5-13-34-24(9-1)25-10-2-6-14-35(25)43(34)23-21-32-28-17-19-30-26-11-3-7-15-36(26)45-41(30)39(28)44-38(32)33(22-23)29-18-20-31-27-12-4-8-16-37(27)46-42(31)40(29)44;38-19-20-9-11-21(12-10-20)22-17-29-25-13-15-27-23-5-1-3-7-31(23)40-36(27)34(25)39-33(29)30(18-22)26-14-16-28-24-6-2-4-8-32(24)41-37(28)35(26)39/h1-22H;1-18H. The Hall–Kier alpha value is -12.1. The van der Waals surface area contributed by atoms with E-state index in [4.69, 9.17) is 17.7 Å². The van der Waals surface area contributed by atoms with Crippen molar-refractivity contribution in [2.24, 2.45) is 0 Å². The van der Waals surface area contributed by atoms with E-state index in [2.05, 4.69) is 201 Å². The second-order valence-electron chi connectivity index (χ2n) is 23.3. The van der Waals surface area contributed by atoms with E-state index < -0.39 is 0 Å². The lowest BCUT2D eigenvalue weighted by Gasteiger charge is -2.09. The molecule has 0 fully saturated rings. The minimum absolute atomic E-state index is 0.654. The van der Waals surface area contributed by atoms with Gasteiger partial charge in [-0.1, -0.05) is 146 Å². The number of nitrogens with zero attached hydrogens (tertiary/aromatic N) is 4. The van der Waals surface area contributed by atoms with Gasteiger partial charge in [0.15, 0.2) is 22.3 Å². The largest absolute Gasteiger partial charge is 0.454 e. The summed E-state index contributed by atoms with van der Waals surface area (Å²) in [7, 11) is 0. The molecule has 0 radical (unpaired) electrons. The van der Waals surface area contributed by atoms with Crippen LogP contribution in [0.25, 0.3) is 203 Å². The van der Waals surface area contributed by atoms with Gasteiger partial charge in [-0.2, -0.15) is 5.26 Å². The number of furan rings is 4. The topological polar surface area (TPSA) is 90.1 Å². The highest BCUT2D eigenvalue weighted by Crippen LogP contribution is 2.50.